The summed E-state index contributed by atoms with van der Waals surface area (Å²) < 4.78 is 32.0. The van der Waals surface area contributed by atoms with Crippen LogP contribution in [0.1, 0.15) is 46.4 Å². The fraction of sp³-hybridized carbons (Fsp3) is 0.625. The number of halogens is 2. The molecule has 2 heterocycles. The number of rotatable bonds is 2. The second-order valence-electron chi connectivity index (χ2n) is 5.83. The van der Waals surface area contributed by atoms with E-state index in [4.69, 9.17) is 4.74 Å². The van der Waals surface area contributed by atoms with Crippen molar-refractivity contribution in [1.82, 2.24) is 4.98 Å². The van der Waals surface area contributed by atoms with E-state index in [2.05, 4.69) is 4.98 Å². The zero-order valence-electron chi connectivity index (χ0n) is 13.5. The van der Waals surface area contributed by atoms with Gasteiger partial charge in [-0.15, -0.1) is 0 Å². The van der Waals surface area contributed by atoms with Crippen LogP contribution in [0.4, 0.5) is 14.6 Å². The lowest BCUT2D eigenvalue weighted by molar-refractivity contribution is -0.0102. The molecular formula is C16H22F2N2O2. The van der Waals surface area contributed by atoms with Gasteiger partial charge >= 0.3 is 5.97 Å². The molecule has 4 nitrogen and oxygen atoms in total. The molecule has 122 valence electrons. The number of ether oxygens (including phenoxy) is 1. The third-order valence-corrected chi connectivity index (χ3v) is 4.38. The molecule has 1 aliphatic rings. The number of alkyl halides is 2. The fourth-order valence-electron chi connectivity index (χ4n) is 2.78. The van der Waals surface area contributed by atoms with Gasteiger partial charge in [0.15, 0.2) is 0 Å². The average Bonchev–Trinajstić information content (AvgIpc) is 2.64. The minimum atomic E-state index is -2.64. The Morgan fingerprint density at radius 1 is 1.18 bits per heavy atom. The Kier molecular flexibility index (Phi) is 4.68. The van der Waals surface area contributed by atoms with Gasteiger partial charge in [0.05, 0.1) is 7.11 Å². The van der Waals surface area contributed by atoms with Crippen molar-refractivity contribution in [2.45, 2.75) is 46.0 Å². The van der Waals surface area contributed by atoms with Crippen molar-refractivity contribution < 1.29 is 18.3 Å². The zero-order valence-corrected chi connectivity index (χ0v) is 13.5. The number of carbonyl (C=O) groups is 1. The SMILES string of the molecule is COC(=O)c1c(N2CCCC(F)(F)CC2)nc(C)c(C)c1C. The molecule has 1 aromatic rings. The monoisotopic (exact) mass is 312 g/mol. The van der Waals surface area contributed by atoms with E-state index in [1.54, 1.807) is 4.90 Å². The highest BCUT2D eigenvalue weighted by molar-refractivity contribution is 5.96. The quantitative estimate of drug-likeness (QED) is 0.785. The van der Waals surface area contributed by atoms with Gasteiger partial charge in [0.25, 0.3) is 0 Å². The second kappa shape index (κ2) is 6.18. The molecule has 0 spiro atoms. The van der Waals surface area contributed by atoms with E-state index in [0.717, 1.165) is 16.8 Å². The van der Waals surface area contributed by atoms with E-state index in [0.29, 0.717) is 24.3 Å². The van der Waals surface area contributed by atoms with E-state index >= 15 is 0 Å². The standard InChI is InChI=1S/C16H22F2N2O2/c1-10-11(2)13(15(21)22-4)14(19-12(10)3)20-8-5-6-16(17,18)7-9-20/h5-9H2,1-4H3. The maximum atomic E-state index is 13.6. The number of esters is 1. The second-order valence-corrected chi connectivity index (χ2v) is 5.83. The summed E-state index contributed by atoms with van der Waals surface area (Å²) in [6.07, 6.45) is 0.0312. The van der Waals surface area contributed by atoms with Crippen LogP contribution in [0.25, 0.3) is 0 Å². The van der Waals surface area contributed by atoms with Gasteiger partial charge in [0, 0.05) is 31.6 Å². The highest BCUT2D eigenvalue weighted by atomic mass is 19.3. The van der Waals surface area contributed by atoms with Crippen LogP contribution < -0.4 is 4.90 Å². The van der Waals surface area contributed by atoms with Crippen LogP contribution in [0.2, 0.25) is 0 Å². The van der Waals surface area contributed by atoms with Crippen molar-refractivity contribution in [3.05, 3.63) is 22.4 Å². The minimum Gasteiger partial charge on any atom is -0.465 e. The molecule has 0 radical (unpaired) electrons. The number of aryl methyl sites for hydroxylation is 1. The Morgan fingerprint density at radius 2 is 1.86 bits per heavy atom. The van der Waals surface area contributed by atoms with Crippen molar-refractivity contribution in [2.75, 3.05) is 25.1 Å². The molecule has 6 heteroatoms. The Bertz CT molecular complexity index is 588. The van der Waals surface area contributed by atoms with Crippen LogP contribution in [-0.4, -0.2) is 37.1 Å². The summed E-state index contributed by atoms with van der Waals surface area (Å²) in [5.74, 6) is -2.65. The van der Waals surface area contributed by atoms with E-state index < -0.39 is 11.9 Å². The number of methoxy groups -OCH3 is 1. The smallest absolute Gasteiger partial charge is 0.341 e. The summed E-state index contributed by atoms with van der Waals surface area (Å²) in [4.78, 5) is 18.4. The molecular weight excluding hydrogens is 290 g/mol. The Hall–Kier alpha value is -1.72. The molecule has 1 aliphatic heterocycles. The molecule has 0 atom stereocenters. The number of nitrogens with zero attached hydrogens (tertiary/aromatic N) is 2. The van der Waals surface area contributed by atoms with E-state index in [9.17, 15) is 13.6 Å². The molecule has 0 amide bonds. The Labute approximate surface area is 129 Å². The fourth-order valence-corrected chi connectivity index (χ4v) is 2.78. The number of hydrogen-bond donors (Lipinski definition) is 0. The molecule has 0 N–H and O–H groups in total. The molecule has 1 aromatic heterocycles. The summed E-state index contributed by atoms with van der Waals surface area (Å²) in [7, 11) is 1.32. The van der Waals surface area contributed by atoms with Crippen LogP contribution >= 0.6 is 0 Å². The van der Waals surface area contributed by atoms with Crippen LogP contribution in [0.3, 0.4) is 0 Å². The van der Waals surface area contributed by atoms with Crippen molar-refractivity contribution in [1.29, 1.82) is 0 Å². The summed E-state index contributed by atoms with van der Waals surface area (Å²) in [5, 5.41) is 0. The predicted molar refractivity (Wildman–Crippen MR) is 80.8 cm³/mol. The first-order chi connectivity index (χ1) is 10.3. The Balaban J connectivity index is 2.47. The molecule has 1 fully saturated rings. The summed E-state index contributed by atoms with van der Waals surface area (Å²) in [5.41, 5.74) is 2.90. The van der Waals surface area contributed by atoms with Gasteiger partial charge in [0.2, 0.25) is 5.92 Å². The summed E-state index contributed by atoms with van der Waals surface area (Å²) in [6.45, 7) is 6.25. The molecule has 22 heavy (non-hydrogen) atoms. The molecule has 0 aliphatic carbocycles. The highest BCUT2D eigenvalue weighted by Crippen LogP contribution is 2.32. The molecule has 0 bridgehead atoms. The molecule has 1 saturated heterocycles. The highest BCUT2D eigenvalue weighted by Gasteiger charge is 2.33. The lowest BCUT2D eigenvalue weighted by Crippen LogP contribution is -2.29. The van der Waals surface area contributed by atoms with E-state index in [1.807, 2.05) is 20.8 Å². The summed E-state index contributed by atoms with van der Waals surface area (Å²) >= 11 is 0. The number of pyridine rings is 1. The van der Waals surface area contributed by atoms with Gasteiger partial charge < -0.3 is 9.64 Å². The Morgan fingerprint density at radius 3 is 2.50 bits per heavy atom. The molecule has 0 saturated carbocycles. The van der Waals surface area contributed by atoms with Gasteiger partial charge in [-0.1, -0.05) is 0 Å². The van der Waals surface area contributed by atoms with Gasteiger partial charge in [-0.2, -0.15) is 0 Å². The first-order valence-electron chi connectivity index (χ1n) is 7.45. The minimum absolute atomic E-state index is 0.124. The van der Waals surface area contributed by atoms with Gasteiger partial charge in [-0.3, -0.25) is 0 Å². The summed E-state index contributed by atoms with van der Waals surface area (Å²) in [6, 6.07) is 0. The lowest BCUT2D eigenvalue weighted by atomic mass is 10.0. The van der Waals surface area contributed by atoms with Crippen LogP contribution in [0.5, 0.6) is 0 Å². The van der Waals surface area contributed by atoms with Crippen molar-refractivity contribution in [2.24, 2.45) is 0 Å². The van der Waals surface area contributed by atoms with Gasteiger partial charge in [0.1, 0.15) is 11.4 Å². The maximum Gasteiger partial charge on any atom is 0.341 e. The van der Waals surface area contributed by atoms with Crippen molar-refractivity contribution in [3.8, 4) is 0 Å². The van der Waals surface area contributed by atoms with E-state index in [1.165, 1.54) is 7.11 Å². The zero-order chi connectivity index (χ0) is 16.5. The normalized spacial score (nSPS) is 18.0. The van der Waals surface area contributed by atoms with Gasteiger partial charge in [-0.05, 0) is 38.3 Å². The lowest BCUT2D eigenvalue weighted by Gasteiger charge is -2.26. The molecule has 0 unspecified atom stereocenters. The number of aromatic nitrogens is 1. The first kappa shape index (κ1) is 16.6. The number of hydrogen-bond acceptors (Lipinski definition) is 4. The van der Waals surface area contributed by atoms with Crippen molar-refractivity contribution >= 4 is 11.8 Å². The van der Waals surface area contributed by atoms with Crippen LogP contribution in [0, 0.1) is 20.8 Å². The van der Waals surface area contributed by atoms with Crippen LogP contribution in [-0.2, 0) is 4.74 Å². The largest absolute Gasteiger partial charge is 0.465 e. The topological polar surface area (TPSA) is 42.4 Å². The maximum absolute atomic E-state index is 13.6. The predicted octanol–water partition coefficient (Wildman–Crippen LogP) is 3.42. The third-order valence-electron chi connectivity index (χ3n) is 4.38. The number of carbonyl (C=O) groups excluding carboxylic acids is 1. The van der Waals surface area contributed by atoms with E-state index in [-0.39, 0.29) is 19.4 Å². The van der Waals surface area contributed by atoms with Gasteiger partial charge in [-0.25, -0.2) is 18.6 Å². The number of anilines is 1. The van der Waals surface area contributed by atoms with Crippen molar-refractivity contribution in [3.63, 3.8) is 0 Å². The molecule has 2 rings (SSSR count). The molecule has 0 aromatic carbocycles. The third kappa shape index (κ3) is 3.20. The first-order valence-corrected chi connectivity index (χ1v) is 7.45. The average molecular weight is 312 g/mol. The van der Waals surface area contributed by atoms with Crippen LogP contribution in [0.15, 0.2) is 0 Å².